The van der Waals surface area contributed by atoms with Crippen LogP contribution in [0.15, 0.2) is 24.3 Å². The molecule has 1 aliphatic carbocycles. The number of amides is 1. The van der Waals surface area contributed by atoms with E-state index in [9.17, 15) is 4.79 Å². The molecular weight excluding hydrogens is 250 g/mol. The van der Waals surface area contributed by atoms with Crippen LogP contribution in [0.2, 0.25) is 0 Å². The Morgan fingerprint density at radius 2 is 2.15 bits per heavy atom. The molecule has 0 saturated heterocycles. The number of benzene rings is 1. The summed E-state index contributed by atoms with van der Waals surface area (Å²) in [5, 5.41) is 8.78. The first kappa shape index (κ1) is 14.6. The van der Waals surface area contributed by atoms with Crippen LogP contribution in [0.1, 0.15) is 48.5 Å². The molecule has 0 aromatic heterocycles. The maximum Gasteiger partial charge on any atom is 0.255 e. The number of carbonyl (C=O) groups is 1. The van der Waals surface area contributed by atoms with Crippen LogP contribution < -0.4 is 0 Å². The number of hydrogen-bond acceptors (Lipinski definition) is 2. The van der Waals surface area contributed by atoms with Gasteiger partial charge in [0.1, 0.15) is 0 Å². The predicted molar refractivity (Wildman–Crippen MR) is 79.4 cm³/mol. The van der Waals surface area contributed by atoms with E-state index in [0.717, 1.165) is 31.4 Å². The molecule has 0 radical (unpaired) electrons. The Labute approximate surface area is 120 Å². The summed E-state index contributed by atoms with van der Waals surface area (Å²) in [6.07, 6.45) is 3.64. The minimum absolute atomic E-state index is 0.0488. The van der Waals surface area contributed by atoms with Crippen LogP contribution >= 0.6 is 0 Å². The molecule has 2 rings (SSSR count). The van der Waals surface area contributed by atoms with E-state index in [1.807, 2.05) is 29.2 Å². The van der Waals surface area contributed by atoms with Crippen LogP contribution in [-0.2, 0) is 0 Å². The summed E-state index contributed by atoms with van der Waals surface area (Å²) in [6, 6.07) is 7.90. The second kappa shape index (κ2) is 7.12. The Kier molecular flexibility index (Phi) is 5.20. The van der Waals surface area contributed by atoms with Gasteiger partial charge < -0.3 is 10.0 Å². The number of rotatable bonds is 5. The van der Waals surface area contributed by atoms with Crippen LogP contribution in [-0.4, -0.2) is 35.1 Å². The summed E-state index contributed by atoms with van der Waals surface area (Å²) in [4.78, 5) is 14.7. The summed E-state index contributed by atoms with van der Waals surface area (Å²) in [6.45, 7) is 2.95. The third-order valence-electron chi connectivity index (χ3n) is 3.33. The Morgan fingerprint density at radius 3 is 2.80 bits per heavy atom. The zero-order chi connectivity index (χ0) is 14.4. The lowest BCUT2D eigenvalue weighted by Crippen LogP contribution is -2.34. The van der Waals surface area contributed by atoms with Gasteiger partial charge in [-0.25, -0.2) is 0 Å². The zero-order valence-corrected chi connectivity index (χ0v) is 11.9. The smallest absolute Gasteiger partial charge is 0.255 e. The molecule has 0 aliphatic heterocycles. The first-order chi connectivity index (χ1) is 9.77. The molecule has 0 atom stereocenters. The highest BCUT2D eigenvalue weighted by atomic mass is 16.2. The van der Waals surface area contributed by atoms with Crippen molar-refractivity contribution < 1.29 is 9.90 Å². The standard InChI is InChI=1S/C17H21NO2/c1-2-12-18(15-10-11-15)17(20)16-9-4-3-7-14(16)8-5-6-13-19/h3-4,7,9,15,19H,2,6,10-13H2,1H3. The van der Waals surface area contributed by atoms with Crippen LogP contribution in [0, 0.1) is 11.8 Å². The fourth-order valence-corrected chi connectivity index (χ4v) is 2.22. The Bertz CT molecular complexity index is 523. The number of aliphatic hydroxyl groups is 1. The highest BCUT2D eigenvalue weighted by Crippen LogP contribution is 2.28. The Hall–Kier alpha value is -1.79. The van der Waals surface area contributed by atoms with E-state index < -0.39 is 0 Å². The average molecular weight is 271 g/mol. The monoisotopic (exact) mass is 271 g/mol. The van der Waals surface area contributed by atoms with E-state index in [1.54, 1.807) is 0 Å². The van der Waals surface area contributed by atoms with Gasteiger partial charge in [-0.1, -0.05) is 30.9 Å². The molecule has 0 heterocycles. The second-order valence-electron chi connectivity index (χ2n) is 5.05. The van der Waals surface area contributed by atoms with Crippen molar-refractivity contribution in [3.8, 4) is 11.8 Å². The van der Waals surface area contributed by atoms with Crippen molar-refractivity contribution in [2.45, 2.75) is 38.6 Å². The van der Waals surface area contributed by atoms with Crippen molar-refractivity contribution >= 4 is 5.91 Å². The molecule has 0 spiro atoms. The summed E-state index contributed by atoms with van der Waals surface area (Å²) in [5.41, 5.74) is 1.44. The Morgan fingerprint density at radius 1 is 1.40 bits per heavy atom. The molecule has 1 aromatic rings. The van der Waals surface area contributed by atoms with E-state index in [2.05, 4.69) is 18.8 Å². The van der Waals surface area contributed by atoms with Crippen molar-refractivity contribution in [3.63, 3.8) is 0 Å². The van der Waals surface area contributed by atoms with Gasteiger partial charge in [-0.15, -0.1) is 0 Å². The van der Waals surface area contributed by atoms with Crippen molar-refractivity contribution in [2.75, 3.05) is 13.2 Å². The van der Waals surface area contributed by atoms with Crippen molar-refractivity contribution in [1.29, 1.82) is 0 Å². The summed E-state index contributed by atoms with van der Waals surface area (Å²) >= 11 is 0. The van der Waals surface area contributed by atoms with E-state index in [4.69, 9.17) is 5.11 Å². The number of carbonyl (C=O) groups excluding carboxylic acids is 1. The van der Waals surface area contributed by atoms with Gasteiger partial charge >= 0.3 is 0 Å². The van der Waals surface area contributed by atoms with Gasteiger partial charge in [0, 0.05) is 24.6 Å². The summed E-state index contributed by atoms with van der Waals surface area (Å²) in [7, 11) is 0. The number of aliphatic hydroxyl groups excluding tert-OH is 1. The first-order valence-corrected chi connectivity index (χ1v) is 7.27. The maximum absolute atomic E-state index is 12.7. The maximum atomic E-state index is 12.7. The minimum Gasteiger partial charge on any atom is -0.395 e. The highest BCUT2D eigenvalue weighted by Gasteiger charge is 2.32. The minimum atomic E-state index is 0.0488. The fraction of sp³-hybridized carbons (Fsp3) is 0.471. The Balaban J connectivity index is 2.22. The van der Waals surface area contributed by atoms with Gasteiger partial charge in [0.25, 0.3) is 5.91 Å². The molecule has 106 valence electrons. The van der Waals surface area contributed by atoms with Gasteiger partial charge in [-0.2, -0.15) is 0 Å². The quantitative estimate of drug-likeness (QED) is 0.836. The number of hydrogen-bond donors (Lipinski definition) is 1. The van der Waals surface area contributed by atoms with Crippen molar-refractivity contribution in [2.24, 2.45) is 0 Å². The predicted octanol–water partition coefficient (Wildman–Crippen LogP) is 2.44. The first-order valence-electron chi connectivity index (χ1n) is 7.27. The van der Waals surface area contributed by atoms with Gasteiger partial charge in [-0.05, 0) is 31.4 Å². The van der Waals surface area contributed by atoms with Gasteiger partial charge in [-0.3, -0.25) is 4.79 Å². The topological polar surface area (TPSA) is 40.5 Å². The third-order valence-corrected chi connectivity index (χ3v) is 3.33. The number of nitrogens with zero attached hydrogens (tertiary/aromatic N) is 1. The second-order valence-corrected chi connectivity index (χ2v) is 5.05. The molecule has 20 heavy (non-hydrogen) atoms. The lowest BCUT2D eigenvalue weighted by molar-refractivity contribution is 0.0743. The van der Waals surface area contributed by atoms with Crippen LogP contribution in [0.3, 0.4) is 0 Å². The summed E-state index contributed by atoms with van der Waals surface area (Å²) in [5.74, 6) is 5.97. The molecule has 1 aliphatic rings. The van der Waals surface area contributed by atoms with Crippen LogP contribution in [0.5, 0.6) is 0 Å². The molecule has 3 nitrogen and oxygen atoms in total. The van der Waals surface area contributed by atoms with E-state index >= 15 is 0 Å². The van der Waals surface area contributed by atoms with Gasteiger partial charge in [0.05, 0.1) is 12.2 Å². The lowest BCUT2D eigenvalue weighted by atomic mass is 10.1. The molecule has 3 heteroatoms. The fourth-order valence-electron chi connectivity index (χ4n) is 2.22. The normalized spacial score (nSPS) is 13.5. The van der Waals surface area contributed by atoms with E-state index in [-0.39, 0.29) is 12.5 Å². The van der Waals surface area contributed by atoms with Gasteiger partial charge in [0.15, 0.2) is 0 Å². The van der Waals surface area contributed by atoms with Crippen molar-refractivity contribution in [3.05, 3.63) is 35.4 Å². The van der Waals surface area contributed by atoms with Gasteiger partial charge in [0.2, 0.25) is 0 Å². The van der Waals surface area contributed by atoms with Crippen molar-refractivity contribution in [1.82, 2.24) is 4.90 Å². The average Bonchev–Trinajstić information content (AvgIpc) is 3.29. The molecule has 0 unspecified atom stereocenters. The van der Waals surface area contributed by atoms with Crippen LogP contribution in [0.25, 0.3) is 0 Å². The molecule has 1 aromatic carbocycles. The van der Waals surface area contributed by atoms with E-state index in [1.165, 1.54) is 0 Å². The molecule has 1 fully saturated rings. The highest BCUT2D eigenvalue weighted by molar-refractivity contribution is 5.97. The SMILES string of the molecule is CCCN(C(=O)c1ccccc1C#CCCO)C1CC1. The molecule has 1 N–H and O–H groups in total. The van der Waals surface area contributed by atoms with E-state index in [0.29, 0.717) is 18.0 Å². The lowest BCUT2D eigenvalue weighted by Gasteiger charge is -2.22. The van der Waals surface area contributed by atoms with Crippen LogP contribution in [0.4, 0.5) is 0 Å². The molecule has 0 bridgehead atoms. The molecule has 1 saturated carbocycles. The summed E-state index contributed by atoms with van der Waals surface area (Å²) < 4.78 is 0. The molecular formula is C17H21NO2. The third kappa shape index (κ3) is 3.61. The zero-order valence-electron chi connectivity index (χ0n) is 11.9. The largest absolute Gasteiger partial charge is 0.395 e. The molecule has 1 amide bonds.